The SMILES string of the molecule is CCN(C[C@H](C)C#N)S(=O)(=O)N1CCN(c2cc(C)[nH]n2)CC1. The van der Waals surface area contributed by atoms with Gasteiger partial charge in [-0.05, 0) is 13.8 Å². The van der Waals surface area contributed by atoms with Gasteiger partial charge in [0.1, 0.15) is 0 Å². The van der Waals surface area contributed by atoms with Crippen LogP contribution < -0.4 is 4.90 Å². The molecule has 0 amide bonds. The Morgan fingerprint density at radius 3 is 2.57 bits per heavy atom. The number of anilines is 1. The minimum atomic E-state index is -3.52. The molecule has 1 aromatic rings. The van der Waals surface area contributed by atoms with Crippen LogP contribution in [0.3, 0.4) is 0 Å². The number of aryl methyl sites for hydroxylation is 1. The summed E-state index contributed by atoms with van der Waals surface area (Å²) in [5, 5.41) is 16.0. The standard InChI is InChI=1S/C14H24N6O2S/c1-4-19(11-12(2)10-15)23(21,22)20-7-5-18(6-8-20)14-9-13(3)16-17-14/h9,12H,4-8,11H2,1-3H3,(H,16,17)/t12-/m1/s1. The Labute approximate surface area is 137 Å². The van der Waals surface area contributed by atoms with Crippen molar-refractivity contribution in [3.8, 4) is 6.07 Å². The fraction of sp³-hybridized carbons (Fsp3) is 0.714. The maximum atomic E-state index is 12.7. The summed E-state index contributed by atoms with van der Waals surface area (Å²) in [4.78, 5) is 2.07. The molecule has 1 atom stereocenters. The molecule has 1 aromatic heterocycles. The normalized spacial score (nSPS) is 18.1. The first-order valence-electron chi connectivity index (χ1n) is 7.80. The van der Waals surface area contributed by atoms with E-state index in [0.717, 1.165) is 11.5 Å². The molecule has 0 aromatic carbocycles. The van der Waals surface area contributed by atoms with Crippen LogP contribution in [0.4, 0.5) is 5.82 Å². The molecule has 1 saturated heterocycles. The van der Waals surface area contributed by atoms with Gasteiger partial charge in [0.2, 0.25) is 0 Å². The van der Waals surface area contributed by atoms with Crippen molar-refractivity contribution in [1.82, 2.24) is 18.8 Å². The van der Waals surface area contributed by atoms with Gasteiger partial charge >= 0.3 is 0 Å². The fourth-order valence-electron chi connectivity index (χ4n) is 2.61. The third-order valence-corrected chi connectivity index (χ3v) is 6.04. The minimum Gasteiger partial charge on any atom is -0.352 e. The van der Waals surface area contributed by atoms with E-state index in [1.54, 1.807) is 13.8 Å². The maximum Gasteiger partial charge on any atom is 0.282 e. The lowest BCUT2D eigenvalue weighted by Gasteiger charge is -2.36. The molecule has 8 nitrogen and oxygen atoms in total. The Kier molecular flexibility index (Phi) is 5.62. The molecule has 0 saturated carbocycles. The maximum absolute atomic E-state index is 12.7. The molecule has 1 fully saturated rings. The van der Waals surface area contributed by atoms with E-state index in [4.69, 9.17) is 5.26 Å². The van der Waals surface area contributed by atoms with Gasteiger partial charge < -0.3 is 4.90 Å². The zero-order valence-electron chi connectivity index (χ0n) is 13.9. The highest BCUT2D eigenvalue weighted by Gasteiger charge is 2.32. The summed E-state index contributed by atoms with van der Waals surface area (Å²) in [6.07, 6.45) is 0. The van der Waals surface area contributed by atoms with Crippen LogP contribution in [0.1, 0.15) is 19.5 Å². The molecule has 2 rings (SSSR count). The molecule has 0 spiro atoms. The first-order valence-corrected chi connectivity index (χ1v) is 9.20. The molecule has 0 aliphatic carbocycles. The highest BCUT2D eigenvalue weighted by atomic mass is 32.2. The van der Waals surface area contributed by atoms with Crippen molar-refractivity contribution in [1.29, 1.82) is 5.26 Å². The number of hydrogen-bond donors (Lipinski definition) is 1. The molecule has 2 heterocycles. The van der Waals surface area contributed by atoms with Crippen LogP contribution >= 0.6 is 0 Å². The van der Waals surface area contributed by atoms with E-state index < -0.39 is 10.2 Å². The van der Waals surface area contributed by atoms with Crippen molar-refractivity contribution in [2.75, 3.05) is 44.2 Å². The second-order valence-electron chi connectivity index (χ2n) is 5.78. The van der Waals surface area contributed by atoms with Gasteiger partial charge in [0.25, 0.3) is 10.2 Å². The average Bonchev–Trinajstić information content (AvgIpc) is 2.98. The largest absolute Gasteiger partial charge is 0.352 e. The summed E-state index contributed by atoms with van der Waals surface area (Å²) in [6, 6.07) is 4.05. The molecule has 1 N–H and O–H groups in total. The Bertz CT molecular complexity index is 657. The third kappa shape index (κ3) is 4.02. The van der Waals surface area contributed by atoms with Gasteiger partial charge in [-0.2, -0.15) is 27.4 Å². The van der Waals surface area contributed by atoms with Crippen LogP contribution in [0.5, 0.6) is 0 Å². The van der Waals surface area contributed by atoms with Gasteiger partial charge in [0.05, 0.1) is 12.0 Å². The number of nitrogens with one attached hydrogen (secondary N) is 1. The number of H-pyrrole nitrogens is 1. The first-order chi connectivity index (χ1) is 10.9. The lowest BCUT2D eigenvalue weighted by molar-refractivity contribution is 0.319. The third-order valence-electron chi connectivity index (χ3n) is 3.96. The van der Waals surface area contributed by atoms with E-state index in [1.165, 1.54) is 8.61 Å². The van der Waals surface area contributed by atoms with E-state index >= 15 is 0 Å². The quantitative estimate of drug-likeness (QED) is 0.816. The van der Waals surface area contributed by atoms with Crippen molar-refractivity contribution in [3.05, 3.63) is 11.8 Å². The number of hydrogen-bond acceptors (Lipinski definition) is 5. The van der Waals surface area contributed by atoms with Gasteiger partial charge in [0.15, 0.2) is 5.82 Å². The molecule has 1 aliphatic heterocycles. The number of rotatable bonds is 6. The molecule has 0 unspecified atom stereocenters. The van der Waals surface area contributed by atoms with Gasteiger partial charge in [-0.15, -0.1) is 0 Å². The minimum absolute atomic E-state index is 0.230. The number of aromatic nitrogens is 2. The predicted octanol–water partition coefficient (Wildman–Crippen LogP) is 0.566. The Balaban J connectivity index is 2.01. The molecular formula is C14H24N6O2S. The highest BCUT2D eigenvalue weighted by molar-refractivity contribution is 7.86. The van der Waals surface area contributed by atoms with Crippen LogP contribution in [-0.2, 0) is 10.2 Å². The second-order valence-corrected chi connectivity index (χ2v) is 7.71. The molecule has 1 aliphatic rings. The van der Waals surface area contributed by atoms with Gasteiger partial charge in [-0.1, -0.05) is 6.92 Å². The number of aromatic amines is 1. The van der Waals surface area contributed by atoms with Crippen molar-refractivity contribution in [3.63, 3.8) is 0 Å². The number of nitrogens with zero attached hydrogens (tertiary/aromatic N) is 5. The topological polar surface area (TPSA) is 96.3 Å². The highest BCUT2D eigenvalue weighted by Crippen LogP contribution is 2.18. The molecular weight excluding hydrogens is 316 g/mol. The number of piperazine rings is 1. The van der Waals surface area contributed by atoms with Crippen molar-refractivity contribution in [2.45, 2.75) is 20.8 Å². The lowest BCUT2D eigenvalue weighted by Crippen LogP contribution is -2.53. The predicted molar refractivity (Wildman–Crippen MR) is 88.1 cm³/mol. The molecule has 128 valence electrons. The zero-order valence-corrected chi connectivity index (χ0v) is 14.7. The Morgan fingerprint density at radius 1 is 1.43 bits per heavy atom. The molecule has 23 heavy (non-hydrogen) atoms. The monoisotopic (exact) mass is 340 g/mol. The summed E-state index contributed by atoms with van der Waals surface area (Å²) in [5.74, 6) is 0.531. The summed E-state index contributed by atoms with van der Waals surface area (Å²) >= 11 is 0. The average molecular weight is 340 g/mol. The van der Waals surface area contributed by atoms with Crippen LogP contribution in [0.2, 0.25) is 0 Å². The summed E-state index contributed by atoms with van der Waals surface area (Å²) in [5.41, 5.74) is 0.984. The Morgan fingerprint density at radius 2 is 2.09 bits per heavy atom. The molecule has 0 bridgehead atoms. The summed E-state index contributed by atoms with van der Waals surface area (Å²) in [7, 11) is -3.52. The van der Waals surface area contributed by atoms with Gasteiger partial charge in [-0.25, -0.2) is 0 Å². The van der Waals surface area contributed by atoms with Crippen LogP contribution in [0, 0.1) is 24.2 Å². The lowest BCUT2D eigenvalue weighted by atomic mass is 10.2. The van der Waals surface area contributed by atoms with Crippen molar-refractivity contribution in [2.24, 2.45) is 5.92 Å². The summed E-state index contributed by atoms with van der Waals surface area (Å²) < 4.78 is 28.3. The summed E-state index contributed by atoms with van der Waals surface area (Å²) in [6.45, 7) is 8.12. The van der Waals surface area contributed by atoms with Crippen molar-refractivity contribution >= 4 is 16.0 Å². The molecule has 9 heteroatoms. The number of nitriles is 1. The van der Waals surface area contributed by atoms with E-state index in [1.807, 2.05) is 13.0 Å². The Hall–Kier alpha value is -1.63. The van der Waals surface area contributed by atoms with Crippen LogP contribution in [0.25, 0.3) is 0 Å². The van der Waals surface area contributed by atoms with Crippen LogP contribution in [0.15, 0.2) is 6.07 Å². The van der Waals surface area contributed by atoms with E-state index in [9.17, 15) is 8.42 Å². The zero-order chi connectivity index (χ0) is 17.0. The second kappa shape index (κ2) is 7.29. The van der Waals surface area contributed by atoms with E-state index in [-0.39, 0.29) is 12.5 Å². The van der Waals surface area contributed by atoms with E-state index in [0.29, 0.717) is 32.7 Å². The van der Waals surface area contributed by atoms with Gasteiger partial charge in [-0.3, -0.25) is 5.10 Å². The first kappa shape index (κ1) is 17.7. The smallest absolute Gasteiger partial charge is 0.282 e. The van der Waals surface area contributed by atoms with Crippen LogP contribution in [-0.4, -0.2) is 66.5 Å². The fourth-order valence-corrected chi connectivity index (χ4v) is 4.30. The van der Waals surface area contributed by atoms with Gasteiger partial charge in [0, 0.05) is 51.0 Å². The molecule has 0 radical (unpaired) electrons. The van der Waals surface area contributed by atoms with E-state index in [2.05, 4.69) is 21.2 Å². The van der Waals surface area contributed by atoms with Crippen molar-refractivity contribution < 1.29 is 8.42 Å².